The zero-order chi connectivity index (χ0) is 15.3. The van der Waals surface area contributed by atoms with Gasteiger partial charge in [0.15, 0.2) is 0 Å². The van der Waals surface area contributed by atoms with Crippen LogP contribution < -0.4 is 5.32 Å². The molecule has 1 rings (SSSR count). The standard InChI is InChI=1S/C15H23N3O2/c1-6-12-10(2)14(11(3)17-12)15(20)16-9-7-8-13(19)18(4)5/h6,17H,1,7-9H2,2-5H3,(H,16,20). The van der Waals surface area contributed by atoms with E-state index in [0.29, 0.717) is 24.9 Å². The lowest BCUT2D eigenvalue weighted by Gasteiger charge is -2.10. The summed E-state index contributed by atoms with van der Waals surface area (Å²) < 4.78 is 0. The molecule has 20 heavy (non-hydrogen) atoms. The Morgan fingerprint density at radius 2 is 2.00 bits per heavy atom. The Labute approximate surface area is 120 Å². The molecule has 0 spiro atoms. The van der Waals surface area contributed by atoms with E-state index >= 15 is 0 Å². The van der Waals surface area contributed by atoms with Gasteiger partial charge in [0, 0.05) is 38.4 Å². The maximum absolute atomic E-state index is 12.1. The molecular formula is C15H23N3O2. The zero-order valence-corrected chi connectivity index (χ0v) is 12.7. The van der Waals surface area contributed by atoms with Crippen LogP contribution in [0.4, 0.5) is 0 Å². The third-order valence-electron chi connectivity index (χ3n) is 3.26. The van der Waals surface area contributed by atoms with E-state index in [1.54, 1.807) is 25.1 Å². The van der Waals surface area contributed by atoms with Gasteiger partial charge in [0.25, 0.3) is 5.91 Å². The van der Waals surface area contributed by atoms with Crippen molar-refractivity contribution in [2.75, 3.05) is 20.6 Å². The number of aryl methyl sites for hydroxylation is 1. The zero-order valence-electron chi connectivity index (χ0n) is 12.7. The second-order valence-electron chi connectivity index (χ2n) is 5.02. The number of nitrogens with one attached hydrogen (secondary N) is 2. The lowest BCUT2D eigenvalue weighted by atomic mass is 10.1. The van der Waals surface area contributed by atoms with Crippen molar-refractivity contribution in [2.45, 2.75) is 26.7 Å². The van der Waals surface area contributed by atoms with Crippen LogP contribution in [0.1, 0.15) is 40.2 Å². The summed E-state index contributed by atoms with van der Waals surface area (Å²) in [5.74, 6) is -0.0381. The van der Waals surface area contributed by atoms with Crippen LogP contribution in [0.25, 0.3) is 6.08 Å². The summed E-state index contributed by atoms with van der Waals surface area (Å²) in [6.45, 7) is 7.96. The van der Waals surface area contributed by atoms with E-state index in [2.05, 4.69) is 16.9 Å². The summed E-state index contributed by atoms with van der Waals surface area (Å²) in [4.78, 5) is 28.2. The van der Waals surface area contributed by atoms with Crippen molar-refractivity contribution >= 4 is 17.9 Å². The Kier molecular flexibility index (Phi) is 5.55. The summed E-state index contributed by atoms with van der Waals surface area (Å²) in [6.07, 6.45) is 2.78. The van der Waals surface area contributed by atoms with Gasteiger partial charge in [0.05, 0.1) is 5.56 Å². The highest BCUT2D eigenvalue weighted by atomic mass is 16.2. The van der Waals surface area contributed by atoms with Crippen LogP contribution in [0.2, 0.25) is 0 Å². The topological polar surface area (TPSA) is 65.2 Å². The van der Waals surface area contributed by atoms with E-state index in [9.17, 15) is 9.59 Å². The van der Waals surface area contributed by atoms with Gasteiger partial charge in [0.2, 0.25) is 5.91 Å². The predicted molar refractivity (Wildman–Crippen MR) is 80.6 cm³/mol. The van der Waals surface area contributed by atoms with Crippen molar-refractivity contribution in [2.24, 2.45) is 0 Å². The molecule has 110 valence electrons. The number of hydrogen-bond acceptors (Lipinski definition) is 2. The molecule has 2 amide bonds. The van der Waals surface area contributed by atoms with Crippen molar-refractivity contribution < 1.29 is 9.59 Å². The molecule has 0 unspecified atom stereocenters. The Bertz CT molecular complexity index is 515. The minimum atomic E-state index is -0.110. The molecule has 5 heteroatoms. The van der Waals surface area contributed by atoms with E-state index in [4.69, 9.17) is 0 Å². The first-order chi connectivity index (χ1) is 9.38. The Hall–Kier alpha value is -2.04. The molecule has 1 heterocycles. The molecule has 0 saturated carbocycles. The van der Waals surface area contributed by atoms with Crippen molar-refractivity contribution in [1.82, 2.24) is 15.2 Å². The average Bonchev–Trinajstić information content (AvgIpc) is 2.68. The molecule has 1 aromatic rings. The van der Waals surface area contributed by atoms with Crippen LogP contribution in [0.3, 0.4) is 0 Å². The first kappa shape index (κ1) is 16.0. The van der Waals surface area contributed by atoms with Crippen LogP contribution in [-0.4, -0.2) is 42.3 Å². The number of amides is 2. The third kappa shape index (κ3) is 3.73. The van der Waals surface area contributed by atoms with E-state index in [-0.39, 0.29) is 11.8 Å². The number of aromatic nitrogens is 1. The third-order valence-corrected chi connectivity index (χ3v) is 3.26. The van der Waals surface area contributed by atoms with Crippen LogP contribution >= 0.6 is 0 Å². The lowest BCUT2D eigenvalue weighted by Crippen LogP contribution is -2.27. The van der Waals surface area contributed by atoms with Gasteiger partial charge >= 0.3 is 0 Å². The Morgan fingerprint density at radius 1 is 1.35 bits per heavy atom. The molecule has 0 aliphatic carbocycles. The van der Waals surface area contributed by atoms with E-state index < -0.39 is 0 Å². The minimum Gasteiger partial charge on any atom is -0.358 e. The molecule has 0 fully saturated rings. The molecule has 0 saturated heterocycles. The summed E-state index contributed by atoms with van der Waals surface area (Å²) in [7, 11) is 3.45. The van der Waals surface area contributed by atoms with Gasteiger partial charge in [-0.1, -0.05) is 6.58 Å². The van der Waals surface area contributed by atoms with Crippen LogP contribution in [0.5, 0.6) is 0 Å². The molecular weight excluding hydrogens is 254 g/mol. The normalized spacial score (nSPS) is 10.2. The number of hydrogen-bond donors (Lipinski definition) is 2. The van der Waals surface area contributed by atoms with Gasteiger partial charge in [-0.15, -0.1) is 0 Å². The highest BCUT2D eigenvalue weighted by Gasteiger charge is 2.16. The number of carbonyl (C=O) groups excluding carboxylic acids is 2. The van der Waals surface area contributed by atoms with Crippen molar-refractivity contribution in [3.63, 3.8) is 0 Å². The number of aromatic amines is 1. The van der Waals surface area contributed by atoms with Gasteiger partial charge in [-0.3, -0.25) is 9.59 Å². The second-order valence-corrected chi connectivity index (χ2v) is 5.02. The number of nitrogens with zero attached hydrogens (tertiary/aromatic N) is 1. The fourth-order valence-electron chi connectivity index (χ4n) is 2.07. The van der Waals surface area contributed by atoms with E-state index in [0.717, 1.165) is 17.0 Å². The monoisotopic (exact) mass is 277 g/mol. The van der Waals surface area contributed by atoms with Gasteiger partial charge in [-0.2, -0.15) is 0 Å². The van der Waals surface area contributed by atoms with Gasteiger partial charge in [-0.05, 0) is 31.9 Å². The number of H-pyrrole nitrogens is 1. The maximum atomic E-state index is 12.1. The van der Waals surface area contributed by atoms with Gasteiger partial charge in [0.1, 0.15) is 0 Å². The fourth-order valence-corrected chi connectivity index (χ4v) is 2.07. The minimum absolute atomic E-state index is 0.0715. The fraction of sp³-hybridized carbons (Fsp3) is 0.467. The molecule has 0 aromatic carbocycles. The number of rotatable bonds is 6. The highest BCUT2D eigenvalue weighted by Crippen LogP contribution is 2.18. The van der Waals surface area contributed by atoms with Gasteiger partial charge in [-0.25, -0.2) is 0 Å². The molecule has 5 nitrogen and oxygen atoms in total. The highest BCUT2D eigenvalue weighted by molar-refractivity contribution is 5.97. The largest absolute Gasteiger partial charge is 0.358 e. The predicted octanol–water partition coefficient (Wildman–Crippen LogP) is 1.87. The smallest absolute Gasteiger partial charge is 0.253 e. The lowest BCUT2D eigenvalue weighted by molar-refractivity contribution is -0.128. The molecule has 0 bridgehead atoms. The summed E-state index contributed by atoms with van der Waals surface area (Å²) in [6, 6.07) is 0. The molecule has 0 radical (unpaired) electrons. The number of carbonyl (C=O) groups is 2. The Balaban J connectivity index is 2.54. The summed E-state index contributed by atoms with van der Waals surface area (Å²) in [5, 5.41) is 2.85. The Morgan fingerprint density at radius 3 is 2.50 bits per heavy atom. The van der Waals surface area contributed by atoms with Crippen molar-refractivity contribution in [1.29, 1.82) is 0 Å². The molecule has 1 aromatic heterocycles. The molecule has 0 atom stereocenters. The molecule has 0 aliphatic heterocycles. The maximum Gasteiger partial charge on any atom is 0.253 e. The quantitative estimate of drug-likeness (QED) is 0.780. The SMILES string of the molecule is C=Cc1[nH]c(C)c(C(=O)NCCCC(=O)N(C)C)c1C. The molecule has 2 N–H and O–H groups in total. The van der Waals surface area contributed by atoms with Crippen molar-refractivity contribution in [3.05, 3.63) is 29.1 Å². The van der Waals surface area contributed by atoms with E-state index in [1.165, 1.54) is 0 Å². The van der Waals surface area contributed by atoms with Gasteiger partial charge < -0.3 is 15.2 Å². The summed E-state index contributed by atoms with van der Waals surface area (Å²) >= 11 is 0. The second kappa shape index (κ2) is 6.93. The molecule has 0 aliphatic rings. The first-order valence-electron chi connectivity index (χ1n) is 6.68. The van der Waals surface area contributed by atoms with Crippen LogP contribution in [0.15, 0.2) is 6.58 Å². The first-order valence-corrected chi connectivity index (χ1v) is 6.68. The van der Waals surface area contributed by atoms with E-state index in [1.807, 2.05) is 13.8 Å². The average molecular weight is 277 g/mol. The van der Waals surface area contributed by atoms with Crippen LogP contribution in [-0.2, 0) is 4.79 Å². The van der Waals surface area contributed by atoms with Crippen molar-refractivity contribution in [3.8, 4) is 0 Å². The van der Waals surface area contributed by atoms with Crippen LogP contribution in [0, 0.1) is 13.8 Å². The summed E-state index contributed by atoms with van der Waals surface area (Å²) in [5.41, 5.74) is 3.27.